The summed E-state index contributed by atoms with van der Waals surface area (Å²) in [5, 5.41) is 11.2. The molecule has 1 amide bonds. The van der Waals surface area contributed by atoms with Crippen LogP contribution in [0.1, 0.15) is 33.1 Å². The third kappa shape index (κ3) is 5.53. The molecule has 0 saturated carbocycles. The van der Waals surface area contributed by atoms with Gasteiger partial charge in [0.1, 0.15) is 0 Å². The van der Waals surface area contributed by atoms with Crippen LogP contribution in [0, 0.1) is 0 Å². The van der Waals surface area contributed by atoms with Crippen molar-refractivity contribution in [2.24, 2.45) is 5.73 Å². The Morgan fingerprint density at radius 1 is 1.50 bits per heavy atom. The van der Waals surface area contributed by atoms with Gasteiger partial charge in [-0.1, -0.05) is 13.3 Å². The minimum Gasteiger partial charge on any atom is -0.481 e. The summed E-state index contributed by atoms with van der Waals surface area (Å²) < 4.78 is 0. The lowest BCUT2D eigenvalue weighted by Gasteiger charge is -2.17. The Hall–Kier alpha value is -1.10. The highest BCUT2D eigenvalue weighted by molar-refractivity contribution is 5.81. The van der Waals surface area contributed by atoms with Gasteiger partial charge < -0.3 is 16.2 Å². The molecule has 0 aromatic carbocycles. The molecule has 0 spiro atoms. The monoisotopic (exact) mass is 202 g/mol. The minimum atomic E-state index is -0.909. The molecular weight excluding hydrogens is 184 g/mol. The Kier molecular flexibility index (Phi) is 5.87. The van der Waals surface area contributed by atoms with Crippen LogP contribution in [-0.2, 0) is 9.59 Å². The largest absolute Gasteiger partial charge is 0.481 e. The number of amides is 1. The SMILES string of the molecule is CCCC(CC(=O)O)NC(=O)[C@@H](C)N. The molecule has 5 nitrogen and oxygen atoms in total. The minimum absolute atomic E-state index is 0.0493. The van der Waals surface area contributed by atoms with Crippen molar-refractivity contribution in [1.29, 1.82) is 0 Å². The van der Waals surface area contributed by atoms with Gasteiger partial charge in [0.15, 0.2) is 0 Å². The van der Waals surface area contributed by atoms with E-state index in [-0.39, 0.29) is 18.4 Å². The molecule has 4 N–H and O–H groups in total. The van der Waals surface area contributed by atoms with Crippen LogP contribution in [0.2, 0.25) is 0 Å². The zero-order valence-corrected chi connectivity index (χ0v) is 8.62. The number of rotatable bonds is 6. The number of carbonyl (C=O) groups is 2. The molecule has 0 fully saturated rings. The van der Waals surface area contributed by atoms with E-state index >= 15 is 0 Å². The highest BCUT2D eigenvalue weighted by Crippen LogP contribution is 2.02. The quantitative estimate of drug-likeness (QED) is 0.569. The molecule has 0 aromatic rings. The van der Waals surface area contributed by atoms with Gasteiger partial charge in [0.2, 0.25) is 5.91 Å². The van der Waals surface area contributed by atoms with Crippen LogP contribution in [0.5, 0.6) is 0 Å². The summed E-state index contributed by atoms with van der Waals surface area (Å²) in [6.45, 7) is 3.51. The maximum atomic E-state index is 11.2. The van der Waals surface area contributed by atoms with Crippen molar-refractivity contribution >= 4 is 11.9 Å². The number of nitrogens with one attached hydrogen (secondary N) is 1. The van der Waals surface area contributed by atoms with Crippen molar-refractivity contribution in [2.45, 2.75) is 45.2 Å². The fourth-order valence-electron chi connectivity index (χ4n) is 1.12. The zero-order valence-electron chi connectivity index (χ0n) is 8.62. The van der Waals surface area contributed by atoms with E-state index in [0.29, 0.717) is 6.42 Å². The maximum absolute atomic E-state index is 11.2. The molecule has 14 heavy (non-hydrogen) atoms. The van der Waals surface area contributed by atoms with E-state index in [2.05, 4.69) is 5.32 Å². The topological polar surface area (TPSA) is 92.4 Å². The first-order chi connectivity index (χ1) is 6.47. The fourth-order valence-corrected chi connectivity index (χ4v) is 1.12. The molecule has 1 unspecified atom stereocenters. The van der Waals surface area contributed by atoms with Crippen molar-refractivity contribution in [3.63, 3.8) is 0 Å². The number of carbonyl (C=O) groups excluding carboxylic acids is 1. The maximum Gasteiger partial charge on any atom is 0.305 e. The molecule has 2 atom stereocenters. The van der Waals surface area contributed by atoms with Crippen LogP contribution in [0.4, 0.5) is 0 Å². The smallest absolute Gasteiger partial charge is 0.305 e. The van der Waals surface area contributed by atoms with Gasteiger partial charge in [0.25, 0.3) is 0 Å². The first kappa shape index (κ1) is 12.9. The second kappa shape index (κ2) is 6.37. The van der Waals surface area contributed by atoms with Crippen LogP contribution < -0.4 is 11.1 Å². The highest BCUT2D eigenvalue weighted by atomic mass is 16.4. The average Bonchev–Trinajstić information content (AvgIpc) is 2.02. The van der Waals surface area contributed by atoms with Crippen molar-refractivity contribution < 1.29 is 14.7 Å². The standard InChI is InChI=1S/C9H18N2O3/c1-3-4-7(5-8(12)13)11-9(14)6(2)10/h6-7H,3-5,10H2,1-2H3,(H,11,14)(H,12,13)/t6-,7?/m1/s1. The van der Waals surface area contributed by atoms with Crippen molar-refractivity contribution in [2.75, 3.05) is 0 Å². The molecule has 0 saturated heterocycles. The van der Waals surface area contributed by atoms with E-state index in [0.717, 1.165) is 6.42 Å². The molecule has 0 aliphatic heterocycles. The van der Waals surface area contributed by atoms with E-state index in [1.54, 1.807) is 6.92 Å². The van der Waals surface area contributed by atoms with E-state index in [1.165, 1.54) is 0 Å². The number of hydrogen-bond donors (Lipinski definition) is 3. The lowest BCUT2D eigenvalue weighted by molar-refractivity contribution is -0.137. The van der Waals surface area contributed by atoms with Gasteiger partial charge >= 0.3 is 5.97 Å². The summed E-state index contributed by atoms with van der Waals surface area (Å²) in [6.07, 6.45) is 1.44. The third-order valence-corrected chi connectivity index (χ3v) is 1.82. The molecule has 0 aliphatic rings. The van der Waals surface area contributed by atoms with Crippen LogP contribution in [0.25, 0.3) is 0 Å². The average molecular weight is 202 g/mol. The summed E-state index contributed by atoms with van der Waals surface area (Å²) in [5.41, 5.74) is 5.35. The Morgan fingerprint density at radius 3 is 2.43 bits per heavy atom. The zero-order chi connectivity index (χ0) is 11.1. The van der Waals surface area contributed by atoms with Crippen molar-refractivity contribution in [3.8, 4) is 0 Å². The number of nitrogens with two attached hydrogens (primary N) is 1. The van der Waals surface area contributed by atoms with E-state index < -0.39 is 12.0 Å². The van der Waals surface area contributed by atoms with Gasteiger partial charge in [-0.05, 0) is 13.3 Å². The molecule has 0 radical (unpaired) electrons. The molecule has 0 aliphatic carbocycles. The van der Waals surface area contributed by atoms with E-state index in [9.17, 15) is 9.59 Å². The molecule has 82 valence electrons. The molecule has 0 rings (SSSR count). The van der Waals surface area contributed by atoms with Gasteiger partial charge in [0.05, 0.1) is 12.5 Å². The van der Waals surface area contributed by atoms with Crippen LogP contribution in [0.3, 0.4) is 0 Å². The van der Waals surface area contributed by atoms with Crippen molar-refractivity contribution in [3.05, 3.63) is 0 Å². The second-order valence-electron chi connectivity index (χ2n) is 3.38. The van der Waals surface area contributed by atoms with Crippen LogP contribution in [-0.4, -0.2) is 29.1 Å². The number of aliphatic carboxylic acids is 1. The second-order valence-corrected chi connectivity index (χ2v) is 3.38. The summed E-state index contributed by atoms with van der Waals surface area (Å²) in [7, 11) is 0. The Labute approximate surface area is 83.7 Å². The van der Waals surface area contributed by atoms with Gasteiger partial charge in [-0.2, -0.15) is 0 Å². The third-order valence-electron chi connectivity index (χ3n) is 1.82. The lowest BCUT2D eigenvalue weighted by Crippen LogP contribution is -2.44. The van der Waals surface area contributed by atoms with Crippen molar-refractivity contribution in [1.82, 2.24) is 5.32 Å². The Bertz CT molecular complexity index is 204. The summed E-state index contributed by atoms with van der Waals surface area (Å²) in [4.78, 5) is 21.6. The predicted octanol–water partition coefficient (Wildman–Crippen LogP) is 0.0932. The lowest BCUT2D eigenvalue weighted by atomic mass is 10.1. The number of hydrogen-bond acceptors (Lipinski definition) is 3. The van der Waals surface area contributed by atoms with Gasteiger partial charge in [0, 0.05) is 6.04 Å². The number of carboxylic acids is 1. The number of carboxylic acid groups (broad SMARTS) is 1. The molecule has 5 heteroatoms. The van der Waals surface area contributed by atoms with Gasteiger partial charge in [-0.25, -0.2) is 0 Å². The molecular formula is C9H18N2O3. The molecule has 0 heterocycles. The Morgan fingerprint density at radius 2 is 2.07 bits per heavy atom. The van der Waals surface area contributed by atoms with Gasteiger partial charge in [-0.15, -0.1) is 0 Å². The molecule has 0 bridgehead atoms. The predicted molar refractivity (Wildman–Crippen MR) is 52.7 cm³/mol. The summed E-state index contributed by atoms with van der Waals surface area (Å²) in [6, 6.07) is -0.904. The normalized spacial score (nSPS) is 14.5. The van der Waals surface area contributed by atoms with Gasteiger partial charge in [-0.3, -0.25) is 9.59 Å². The van der Waals surface area contributed by atoms with Crippen LogP contribution in [0.15, 0.2) is 0 Å². The Balaban J connectivity index is 4.08. The van der Waals surface area contributed by atoms with E-state index in [4.69, 9.17) is 10.8 Å². The molecule has 0 aromatic heterocycles. The van der Waals surface area contributed by atoms with Crippen LogP contribution >= 0.6 is 0 Å². The highest BCUT2D eigenvalue weighted by Gasteiger charge is 2.16. The van der Waals surface area contributed by atoms with E-state index in [1.807, 2.05) is 6.92 Å². The first-order valence-electron chi connectivity index (χ1n) is 4.75. The fraction of sp³-hybridized carbons (Fsp3) is 0.778. The first-order valence-corrected chi connectivity index (χ1v) is 4.75. The summed E-state index contributed by atoms with van der Waals surface area (Å²) in [5.74, 6) is -1.21. The summed E-state index contributed by atoms with van der Waals surface area (Å²) >= 11 is 0.